The van der Waals surface area contributed by atoms with E-state index in [-0.39, 0.29) is 5.78 Å². The maximum absolute atomic E-state index is 11.5. The minimum atomic E-state index is 0.0528. The zero-order valence-electron chi connectivity index (χ0n) is 15.8. The summed E-state index contributed by atoms with van der Waals surface area (Å²) in [6.45, 7) is 1.57. The van der Waals surface area contributed by atoms with Gasteiger partial charge in [-0.2, -0.15) is 0 Å². The number of nitrogens with one attached hydrogen (secondary N) is 1. The molecule has 0 radical (unpaired) electrons. The summed E-state index contributed by atoms with van der Waals surface area (Å²) in [7, 11) is 1.65. The maximum atomic E-state index is 11.5. The number of hydrogen-bond acceptors (Lipinski definition) is 4. The molecule has 28 heavy (non-hydrogen) atoms. The molecule has 1 aromatic heterocycles. The highest BCUT2D eigenvalue weighted by atomic mass is 16.5. The summed E-state index contributed by atoms with van der Waals surface area (Å²) in [5.41, 5.74) is 5.34. The van der Waals surface area contributed by atoms with Gasteiger partial charge in [0.2, 0.25) is 0 Å². The molecular weight excluding hydrogens is 348 g/mol. The highest BCUT2D eigenvalue weighted by molar-refractivity contribution is 5.97. The van der Waals surface area contributed by atoms with Crippen LogP contribution in [0, 0.1) is 0 Å². The largest absolute Gasteiger partial charge is 0.497 e. The van der Waals surface area contributed by atoms with Crippen molar-refractivity contribution in [1.82, 2.24) is 4.98 Å². The number of aromatic nitrogens is 1. The number of rotatable bonds is 5. The number of carbonyl (C=O) groups excluding carboxylic acids is 1. The van der Waals surface area contributed by atoms with E-state index in [1.165, 1.54) is 0 Å². The van der Waals surface area contributed by atoms with Crippen LogP contribution in [-0.4, -0.2) is 17.9 Å². The van der Waals surface area contributed by atoms with Crippen LogP contribution in [0.4, 0.5) is 11.4 Å². The van der Waals surface area contributed by atoms with Gasteiger partial charge in [-0.1, -0.05) is 30.3 Å². The number of benzene rings is 3. The SMILES string of the molecule is COc1ccc2nc(-c3ccccc3)cc(Nc3ccc(C(C)=O)cc3)c2c1. The lowest BCUT2D eigenvalue weighted by Gasteiger charge is -2.13. The zero-order chi connectivity index (χ0) is 19.5. The molecule has 4 heteroatoms. The minimum Gasteiger partial charge on any atom is -0.497 e. The average molecular weight is 368 g/mol. The molecule has 1 heterocycles. The third kappa shape index (κ3) is 3.58. The Morgan fingerprint density at radius 3 is 2.36 bits per heavy atom. The van der Waals surface area contributed by atoms with Crippen molar-refractivity contribution >= 4 is 28.1 Å². The molecule has 0 aliphatic carbocycles. The smallest absolute Gasteiger partial charge is 0.159 e. The number of anilines is 2. The quantitative estimate of drug-likeness (QED) is 0.449. The fourth-order valence-electron chi connectivity index (χ4n) is 3.14. The van der Waals surface area contributed by atoms with Gasteiger partial charge >= 0.3 is 0 Å². The van der Waals surface area contributed by atoms with Crippen molar-refractivity contribution in [3.05, 3.63) is 84.4 Å². The topological polar surface area (TPSA) is 51.2 Å². The molecule has 0 atom stereocenters. The molecule has 0 aliphatic rings. The van der Waals surface area contributed by atoms with Crippen LogP contribution in [-0.2, 0) is 0 Å². The molecule has 0 bridgehead atoms. The van der Waals surface area contributed by atoms with Crippen molar-refractivity contribution < 1.29 is 9.53 Å². The van der Waals surface area contributed by atoms with E-state index in [2.05, 4.69) is 5.32 Å². The van der Waals surface area contributed by atoms with Gasteiger partial charge in [0.05, 0.1) is 24.0 Å². The van der Waals surface area contributed by atoms with E-state index in [1.54, 1.807) is 14.0 Å². The van der Waals surface area contributed by atoms with E-state index in [0.29, 0.717) is 5.56 Å². The molecule has 0 spiro atoms. The van der Waals surface area contributed by atoms with Crippen LogP contribution in [0.1, 0.15) is 17.3 Å². The summed E-state index contributed by atoms with van der Waals surface area (Å²) in [4.78, 5) is 16.3. The predicted molar refractivity (Wildman–Crippen MR) is 113 cm³/mol. The molecular formula is C24H20N2O2. The molecule has 0 amide bonds. The standard InChI is InChI=1S/C24H20N2O2/c1-16(27)17-8-10-19(11-9-17)25-24-15-23(18-6-4-3-5-7-18)26-22-13-12-20(28-2)14-21(22)24/h3-15H,1-2H3,(H,25,26). The number of methoxy groups -OCH3 is 1. The number of ether oxygens (including phenoxy) is 1. The molecule has 0 saturated carbocycles. The van der Waals surface area contributed by atoms with E-state index >= 15 is 0 Å². The second kappa shape index (κ2) is 7.53. The Balaban J connectivity index is 1.82. The Hall–Kier alpha value is -3.66. The van der Waals surface area contributed by atoms with Crippen LogP contribution in [0.3, 0.4) is 0 Å². The first kappa shape index (κ1) is 17.7. The van der Waals surface area contributed by atoms with Crippen molar-refractivity contribution in [3.63, 3.8) is 0 Å². The molecule has 4 aromatic rings. The van der Waals surface area contributed by atoms with E-state index < -0.39 is 0 Å². The monoisotopic (exact) mass is 368 g/mol. The summed E-state index contributed by atoms with van der Waals surface area (Å²) >= 11 is 0. The van der Waals surface area contributed by atoms with Gasteiger partial charge in [0.1, 0.15) is 5.75 Å². The molecule has 4 rings (SSSR count). The molecule has 0 fully saturated rings. The number of ketones is 1. The molecule has 0 saturated heterocycles. The van der Waals surface area contributed by atoms with Gasteiger partial charge in [-0.25, -0.2) is 4.98 Å². The van der Waals surface area contributed by atoms with Gasteiger partial charge < -0.3 is 10.1 Å². The fourth-order valence-corrected chi connectivity index (χ4v) is 3.14. The minimum absolute atomic E-state index is 0.0528. The predicted octanol–water partition coefficient (Wildman–Crippen LogP) is 5.86. The van der Waals surface area contributed by atoms with E-state index in [9.17, 15) is 4.79 Å². The summed E-state index contributed by atoms with van der Waals surface area (Å²) in [6.07, 6.45) is 0. The number of Topliss-reactive ketones (excluding diaryl/α,β-unsaturated/α-hetero) is 1. The first-order chi connectivity index (χ1) is 13.6. The molecule has 138 valence electrons. The number of pyridine rings is 1. The van der Waals surface area contributed by atoms with Crippen LogP contribution < -0.4 is 10.1 Å². The first-order valence-electron chi connectivity index (χ1n) is 9.06. The third-order valence-electron chi connectivity index (χ3n) is 4.66. The van der Waals surface area contributed by atoms with Crippen molar-refractivity contribution in [1.29, 1.82) is 0 Å². The Kier molecular flexibility index (Phi) is 4.77. The third-order valence-corrected chi connectivity index (χ3v) is 4.66. The van der Waals surface area contributed by atoms with Crippen LogP contribution in [0.15, 0.2) is 78.9 Å². The zero-order valence-corrected chi connectivity index (χ0v) is 15.8. The normalized spacial score (nSPS) is 10.6. The lowest BCUT2D eigenvalue weighted by molar-refractivity contribution is 0.101. The Morgan fingerprint density at radius 1 is 0.929 bits per heavy atom. The molecule has 0 aliphatic heterocycles. The van der Waals surface area contributed by atoms with Crippen molar-refractivity contribution in [3.8, 4) is 17.0 Å². The highest BCUT2D eigenvalue weighted by Crippen LogP contribution is 2.32. The van der Waals surface area contributed by atoms with E-state index in [0.717, 1.165) is 39.3 Å². The second-order valence-corrected chi connectivity index (χ2v) is 6.56. The lowest BCUT2D eigenvalue weighted by atomic mass is 10.1. The van der Waals surface area contributed by atoms with Crippen molar-refractivity contribution in [2.45, 2.75) is 6.92 Å². The number of nitrogens with zero attached hydrogens (tertiary/aromatic N) is 1. The Bertz CT molecular complexity index is 1140. The van der Waals surface area contributed by atoms with Crippen LogP contribution >= 0.6 is 0 Å². The number of fused-ring (bicyclic) bond motifs is 1. The molecule has 4 nitrogen and oxygen atoms in total. The highest BCUT2D eigenvalue weighted by Gasteiger charge is 2.10. The van der Waals surface area contributed by atoms with Gasteiger partial charge in [-0.15, -0.1) is 0 Å². The lowest BCUT2D eigenvalue weighted by Crippen LogP contribution is -1.97. The van der Waals surface area contributed by atoms with Crippen LogP contribution in [0.2, 0.25) is 0 Å². The van der Waals surface area contributed by atoms with Gasteiger partial charge in [-0.3, -0.25) is 4.79 Å². The summed E-state index contributed by atoms with van der Waals surface area (Å²) in [5, 5.41) is 4.43. The fraction of sp³-hybridized carbons (Fsp3) is 0.0833. The maximum Gasteiger partial charge on any atom is 0.159 e. The summed E-state index contributed by atoms with van der Waals surface area (Å²) < 4.78 is 5.39. The average Bonchev–Trinajstić information content (AvgIpc) is 2.74. The van der Waals surface area contributed by atoms with Crippen molar-refractivity contribution in [2.75, 3.05) is 12.4 Å². The van der Waals surface area contributed by atoms with Gasteiger partial charge in [0, 0.05) is 22.2 Å². The first-order valence-corrected chi connectivity index (χ1v) is 9.06. The number of carbonyl (C=O) groups is 1. The summed E-state index contributed by atoms with van der Waals surface area (Å²) in [5.74, 6) is 0.828. The molecule has 3 aromatic carbocycles. The van der Waals surface area contributed by atoms with Crippen LogP contribution in [0.5, 0.6) is 5.75 Å². The van der Waals surface area contributed by atoms with Crippen molar-refractivity contribution in [2.24, 2.45) is 0 Å². The summed E-state index contributed by atoms with van der Waals surface area (Å²) in [6, 6.07) is 25.4. The Morgan fingerprint density at radius 2 is 1.68 bits per heavy atom. The van der Waals surface area contributed by atoms with Gasteiger partial charge in [0.15, 0.2) is 5.78 Å². The molecule has 1 N–H and O–H groups in total. The van der Waals surface area contributed by atoms with Crippen LogP contribution in [0.25, 0.3) is 22.2 Å². The van der Waals surface area contributed by atoms with Gasteiger partial charge in [0.25, 0.3) is 0 Å². The Labute approximate surface area is 163 Å². The van der Waals surface area contributed by atoms with Gasteiger partial charge in [-0.05, 0) is 55.5 Å². The molecule has 0 unspecified atom stereocenters. The van der Waals surface area contributed by atoms with E-state index in [1.807, 2.05) is 78.9 Å². The number of hydrogen-bond donors (Lipinski definition) is 1. The van der Waals surface area contributed by atoms with E-state index in [4.69, 9.17) is 9.72 Å². The second-order valence-electron chi connectivity index (χ2n) is 6.56.